The van der Waals surface area contributed by atoms with Gasteiger partial charge in [-0.25, -0.2) is 4.79 Å². The zero-order valence-electron chi connectivity index (χ0n) is 17.5. The fourth-order valence-electron chi connectivity index (χ4n) is 2.27. The number of ether oxygens (including phenoxy) is 1. The Balaban J connectivity index is -0.000000358. The Morgan fingerprint density at radius 2 is 1.76 bits per heavy atom. The predicted molar refractivity (Wildman–Crippen MR) is 122 cm³/mol. The summed E-state index contributed by atoms with van der Waals surface area (Å²) in [6, 6.07) is 0. The van der Waals surface area contributed by atoms with Gasteiger partial charge in [0.2, 0.25) is 5.91 Å². The fraction of sp³-hybridized carbons (Fsp3) is 0.667. The quantitative estimate of drug-likeness (QED) is 0.648. The molecule has 8 heteroatoms. The van der Waals surface area contributed by atoms with E-state index in [0.717, 1.165) is 6.08 Å². The summed E-state index contributed by atoms with van der Waals surface area (Å²) in [5, 5.41) is 9.18. The molecule has 1 saturated heterocycles. The lowest BCUT2D eigenvalue weighted by atomic mass is 10.0. The van der Waals surface area contributed by atoms with Gasteiger partial charge in [-0.2, -0.15) is 0 Å². The van der Waals surface area contributed by atoms with Gasteiger partial charge in [0.1, 0.15) is 6.23 Å². The largest absolute Gasteiger partial charge is 0.394 e. The van der Waals surface area contributed by atoms with Gasteiger partial charge in [0.25, 0.3) is 5.56 Å². The second kappa shape index (κ2) is 19.1. The SMILES string of the molecule is C.C.CC.CC.CC.C[C@@H]1C[C@H](n2cc(/C=C/C(N)=O)c(=O)[nH]c2=O)O[C@@H]1CO. The van der Waals surface area contributed by atoms with Crippen molar-refractivity contribution in [3.05, 3.63) is 38.7 Å². The van der Waals surface area contributed by atoms with Crippen molar-refractivity contribution in [2.24, 2.45) is 11.7 Å². The van der Waals surface area contributed by atoms with Crippen LogP contribution in [0.15, 0.2) is 21.9 Å². The maximum Gasteiger partial charge on any atom is 0.330 e. The van der Waals surface area contributed by atoms with Gasteiger partial charge in [-0.1, -0.05) is 63.3 Å². The normalized spacial score (nSPS) is 19.1. The van der Waals surface area contributed by atoms with E-state index < -0.39 is 23.4 Å². The summed E-state index contributed by atoms with van der Waals surface area (Å²) in [4.78, 5) is 36.4. The van der Waals surface area contributed by atoms with E-state index in [9.17, 15) is 19.5 Å². The first-order valence-electron chi connectivity index (χ1n) is 9.51. The van der Waals surface area contributed by atoms with Crippen LogP contribution in [0.1, 0.15) is 81.5 Å². The van der Waals surface area contributed by atoms with Crippen LogP contribution in [0.5, 0.6) is 0 Å². The van der Waals surface area contributed by atoms with E-state index in [1.165, 1.54) is 16.8 Å². The van der Waals surface area contributed by atoms with Gasteiger partial charge in [-0.15, -0.1) is 0 Å². The van der Waals surface area contributed by atoms with Crippen molar-refractivity contribution in [3.8, 4) is 0 Å². The van der Waals surface area contributed by atoms with E-state index in [1.54, 1.807) is 0 Å². The monoisotopic (exact) mass is 417 g/mol. The highest BCUT2D eigenvalue weighted by Gasteiger charge is 2.33. The standard InChI is InChI=1S/C13H17N3O5.3C2H6.2CH4/c1-7-4-11(21-9(7)6-17)16-5-8(2-3-10(14)18)12(19)15-13(16)20;3*1-2;;/h2-3,5,7,9,11,17H,4,6H2,1H3,(H2,14,18)(H,15,19,20);3*1-2H3;2*1H4/b3-2+;;;;;/t7-,9-,11-;;;;;/m1...../s1. The van der Waals surface area contributed by atoms with Crippen LogP contribution in [0, 0.1) is 5.92 Å². The number of carbonyl (C=O) groups is 1. The van der Waals surface area contributed by atoms with E-state index in [4.69, 9.17) is 10.5 Å². The molecule has 1 aliphatic rings. The molecule has 1 aliphatic heterocycles. The maximum absolute atomic E-state index is 11.9. The van der Waals surface area contributed by atoms with Gasteiger partial charge < -0.3 is 15.6 Å². The minimum atomic E-state index is -0.696. The summed E-state index contributed by atoms with van der Waals surface area (Å²) in [6.07, 6.45) is 3.21. The van der Waals surface area contributed by atoms with E-state index in [2.05, 4.69) is 4.98 Å². The van der Waals surface area contributed by atoms with E-state index in [0.29, 0.717) is 6.42 Å². The average molecular weight is 418 g/mol. The van der Waals surface area contributed by atoms with Crippen molar-refractivity contribution in [2.45, 2.75) is 82.1 Å². The van der Waals surface area contributed by atoms with Crippen LogP contribution in [0.2, 0.25) is 0 Å². The molecule has 3 atom stereocenters. The van der Waals surface area contributed by atoms with Crippen molar-refractivity contribution < 1.29 is 14.6 Å². The van der Waals surface area contributed by atoms with Crippen LogP contribution in [-0.4, -0.2) is 33.3 Å². The Kier molecular flexibility index (Phi) is 22.7. The van der Waals surface area contributed by atoms with Gasteiger partial charge in [0, 0.05) is 12.3 Å². The van der Waals surface area contributed by atoms with Crippen LogP contribution < -0.4 is 17.0 Å². The molecule has 1 aromatic rings. The van der Waals surface area contributed by atoms with Crippen LogP contribution in [0.25, 0.3) is 6.08 Å². The summed E-state index contributed by atoms with van der Waals surface area (Å²) in [7, 11) is 0. The molecule has 0 saturated carbocycles. The molecule has 1 fully saturated rings. The molecule has 172 valence electrons. The van der Waals surface area contributed by atoms with Crippen molar-refractivity contribution in [2.75, 3.05) is 6.61 Å². The molecule has 2 heterocycles. The summed E-state index contributed by atoms with van der Waals surface area (Å²) in [5.41, 5.74) is 3.88. The Morgan fingerprint density at radius 1 is 1.24 bits per heavy atom. The number of carbonyl (C=O) groups excluding carboxylic acids is 1. The summed E-state index contributed by atoms with van der Waals surface area (Å²) in [5.74, 6) is -0.610. The number of amides is 1. The molecule has 29 heavy (non-hydrogen) atoms. The van der Waals surface area contributed by atoms with E-state index in [1.807, 2.05) is 48.5 Å². The highest BCUT2D eigenvalue weighted by atomic mass is 16.5. The van der Waals surface area contributed by atoms with Gasteiger partial charge in [0.15, 0.2) is 0 Å². The summed E-state index contributed by atoms with van der Waals surface area (Å²) < 4.78 is 6.83. The molecule has 1 aromatic heterocycles. The summed E-state index contributed by atoms with van der Waals surface area (Å²) >= 11 is 0. The molecule has 0 spiro atoms. The average Bonchev–Trinajstić information content (AvgIpc) is 3.06. The lowest BCUT2D eigenvalue weighted by molar-refractivity contribution is -0.113. The van der Waals surface area contributed by atoms with Crippen LogP contribution in [0.4, 0.5) is 0 Å². The van der Waals surface area contributed by atoms with Crippen LogP contribution in [-0.2, 0) is 9.53 Å². The van der Waals surface area contributed by atoms with Crippen molar-refractivity contribution in [3.63, 3.8) is 0 Å². The third kappa shape index (κ3) is 10.8. The molecule has 4 N–H and O–H groups in total. The van der Waals surface area contributed by atoms with Crippen LogP contribution >= 0.6 is 0 Å². The number of nitrogens with one attached hydrogen (secondary N) is 1. The van der Waals surface area contributed by atoms with Crippen molar-refractivity contribution in [1.82, 2.24) is 9.55 Å². The van der Waals surface area contributed by atoms with Gasteiger partial charge in [-0.05, 0) is 18.4 Å². The molecule has 8 nitrogen and oxygen atoms in total. The summed E-state index contributed by atoms with van der Waals surface area (Å²) in [6.45, 7) is 13.8. The molecule has 0 radical (unpaired) electrons. The molecule has 0 unspecified atom stereocenters. The second-order valence-electron chi connectivity index (χ2n) is 5.01. The van der Waals surface area contributed by atoms with E-state index in [-0.39, 0.29) is 39.0 Å². The van der Waals surface area contributed by atoms with E-state index >= 15 is 0 Å². The number of aliphatic hydroxyl groups excluding tert-OH is 1. The highest BCUT2D eigenvalue weighted by molar-refractivity contribution is 5.90. The maximum atomic E-state index is 11.9. The number of primary amides is 1. The Morgan fingerprint density at radius 3 is 2.17 bits per heavy atom. The number of hydrogen-bond acceptors (Lipinski definition) is 5. The minimum absolute atomic E-state index is 0. The van der Waals surface area contributed by atoms with Crippen LogP contribution in [0.3, 0.4) is 0 Å². The first-order chi connectivity index (χ1) is 12.9. The Hall–Kier alpha value is -2.19. The Labute approximate surface area is 175 Å². The molecule has 1 amide bonds. The number of hydrogen-bond donors (Lipinski definition) is 3. The first-order valence-corrected chi connectivity index (χ1v) is 9.51. The number of nitrogens with zero attached hydrogens (tertiary/aromatic N) is 1. The lowest BCUT2D eigenvalue weighted by Gasteiger charge is -2.15. The van der Waals surface area contributed by atoms with Crippen molar-refractivity contribution in [1.29, 1.82) is 0 Å². The number of H-pyrrole nitrogens is 1. The number of nitrogens with two attached hydrogens (primary N) is 1. The first kappa shape index (κ1) is 34.3. The number of rotatable bonds is 4. The number of aromatic amines is 1. The lowest BCUT2D eigenvalue weighted by Crippen LogP contribution is -2.33. The molecular weight excluding hydrogens is 374 g/mol. The molecular formula is C21H43N3O5. The molecule has 0 aliphatic carbocycles. The molecule has 0 aromatic carbocycles. The Bertz CT molecular complexity index is 680. The van der Waals surface area contributed by atoms with Gasteiger partial charge in [-0.3, -0.25) is 19.1 Å². The smallest absolute Gasteiger partial charge is 0.330 e. The zero-order chi connectivity index (χ0) is 21.6. The second-order valence-corrected chi connectivity index (χ2v) is 5.01. The fourth-order valence-corrected chi connectivity index (χ4v) is 2.27. The topological polar surface area (TPSA) is 127 Å². The van der Waals surface area contributed by atoms with Crippen molar-refractivity contribution >= 4 is 12.0 Å². The highest BCUT2D eigenvalue weighted by Crippen LogP contribution is 2.31. The minimum Gasteiger partial charge on any atom is -0.394 e. The molecule has 0 bridgehead atoms. The number of aliphatic hydroxyl groups is 1. The molecule has 2 rings (SSSR count). The third-order valence-electron chi connectivity index (χ3n) is 3.45. The predicted octanol–water partition coefficient (Wildman–Crippen LogP) is 3.30. The van der Waals surface area contributed by atoms with Gasteiger partial charge in [0.05, 0.1) is 18.3 Å². The van der Waals surface area contributed by atoms with Gasteiger partial charge >= 0.3 is 5.69 Å². The zero-order valence-corrected chi connectivity index (χ0v) is 17.5. The number of aromatic nitrogens is 2. The third-order valence-corrected chi connectivity index (χ3v) is 3.45.